The number of methoxy groups -OCH3 is 2. The topological polar surface area (TPSA) is 59.5 Å². The number of fused-ring (bicyclic) bond motifs is 1. The fourth-order valence-electron chi connectivity index (χ4n) is 4.17. The molecule has 0 amide bonds. The molecule has 1 aliphatic rings. The molecule has 0 bridgehead atoms. The number of rotatable bonds is 7. The Balaban J connectivity index is 1.43. The van der Waals surface area contributed by atoms with Gasteiger partial charge in [0.1, 0.15) is 11.5 Å². The number of aryl methyl sites for hydroxylation is 1. The summed E-state index contributed by atoms with van der Waals surface area (Å²) in [6.45, 7) is 4.99. The van der Waals surface area contributed by atoms with Crippen molar-refractivity contribution in [3.8, 4) is 11.5 Å². The SMILES string of the molecule is CCc1cnc(NC2CCN(Cc3cc(OC)c4ccccc4c3OC)CC2)nc1. The molecule has 2 aromatic carbocycles. The third kappa shape index (κ3) is 4.33. The van der Waals surface area contributed by atoms with E-state index in [0.717, 1.165) is 78.2 Å². The van der Waals surface area contributed by atoms with E-state index in [1.54, 1.807) is 14.2 Å². The predicted octanol–water partition coefficient (Wildman–Crippen LogP) is 4.29. The summed E-state index contributed by atoms with van der Waals surface area (Å²) in [5, 5.41) is 5.66. The van der Waals surface area contributed by atoms with Gasteiger partial charge in [-0.05, 0) is 30.9 Å². The van der Waals surface area contributed by atoms with Crippen molar-refractivity contribution in [2.45, 2.75) is 38.8 Å². The Bertz CT molecular complexity index is 982. The van der Waals surface area contributed by atoms with Gasteiger partial charge in [0.05, 0.1) is 14.2 Å². The fraction of sp³-hybridized carbons (Fsp3) is 0.417. The lowest BCUT2D eigenvalue weighted by Crippen LogP contribution is -2.39. The molecule has 0 saturated carbocycles. The maximum atomic E-state index is 5.81. The largest absolute Gasteiger partial charge is 0.496 e. The van der Waals surface area contributed by atoms with E-state index in [9.17, 15) is 0 Å². The van der Waals surface area contributed by atoms with Gasteiger partial charge in [-0.2, -0.15) is 0 Å². The number of nitrogens with one attached hydrogen (secondary N) is 1. The molecule has 4 rings (SSSR count). The Labute approximate surface area is 178 Å². The second-order valence-electron chi connectivity index (χ2n) is 7.78. The van der Waals surface area contributed by atoms with Crippen LogP contribution in [-0.2, 0) is 13.0 Å². The third-order valence-corrected chi connectivity index (χ3v) is 5.89. The number of benzene rings is 2. The monoisotopic (exact) mass is 406 g/mol. The molecule has 1 aliphatic heterocycles. The highest BCUT2D eigenvalue weighted by molar-refractivity contribution is 5.94. The number of ether oxygens (including phenoxy) is 2. The van der Waals surface area contributed by atoms with Crippen LogP contribution in [0.1, 0.15) is 30.9 Å². The number of nitrogens with zero attached hydrogens (tertiary/aromatic N) is 3. The van der Waals surface area contributed by atoms with Crippen molar-refractivity contribution in [3.05, 3.63) is 53.9 Å². The van der Waals surface area contributed by atoms with E-state index in [0.29, 0.717) is 6.04 Å². The molecule has 0 aliphatic carbocycles. The normalized spacial score (nSPS) is 15.3. The third-order valence-electron chi connectivity index (χ3n) is 5.89. The summed E-state index contributed by atoms with van der Waals surface area (Å²) in [5.74, 6) is 2.56. The van der Waals surface area contributed by atoms with E-state index < -0.39 is 0 Å². The summed E-state index contributed by atoms with van der Waals surface area (Å²) in [6, 6.07) is 10.8. The number of piperidine rings is 1. The number of anilines is 1. The van der Waals surface area contributed by atoms with Crippen molar-refractivity contribution >= 4 is 16.7 Å². The minimum atomic E-state index is 0.404. The lowest BCUT2D eigenvalue weighted by molar-refractivity contribution is 0.208. The summed E-state index contributed by atoms with van der Waals surface area (Å²) in [6.07, 6.45) is 6.90. The quantitative estimate of drug-likeness (QED) is 0.632. The molecule has 158 valence electrons. The van der Waals surface area contributed by atoms with E-state index in [2.05, 4.69) is 45.3 Å². The van der Waals surface area contributed by atoms with Crippen LogP contribution in [-0.4, -0.2) is 48.2 Å². The van der Waals surface area contributed by atoms with E-state index in [-0.39, 0.29) is 0 Å². The molecular weight excluding hydrogens is 376 g/mol. The van der Waals surface area contributed by atoms with Crippen LogP contribution in [0.5, 0.6) is 11.5 Å². The van der Waals surface area contributed by atoms with E-state index in [4.69, 9.17) is 9.47 Å². The van der Waals surface area contributed by atoms with Crippen LogP contribution >= 0.6 is 0 Å². The molecule has 3 aromatic rings. The molecule has 0 unspecified atom stereocenters. The van der Waals surface area contributed by atoms with Crippen molar-refractivity contribution < 1.29 is 9.47 Å². The molecule has 1 N–H and O–H groups in total. The van der Waals surface area contributed by atoms with Gasteiger partial charge in [-0.15, -0.1) is 0 Å². The lowest BCUT2D eigenvalue weighted by Gasteiger charge is -2.32. The molecule has 2 heterocycles. The Morgan fingerprint density at radius 1 is 1.03 bits per heavy atom. The van der Waals surface area contributed by atoms with Gasteiger partial charge in [0.2, 0.25) is 5.95 Å². The second kappa shape index (κ2) is 9.30. The van der Waals surface area contributed by atoms with Gasteiger partial charge in [0.25, 0.3) is 0 Å². The Hall–Kier alpha value is -2.86. The molecule has 0 radical (unpaired) electrons. The van der Waals surface area contributed by atoms with Crippen molar-refractivity contribution in [2.75, 3.05) is 32.6 Å². The molecule has 0 atom stereocenters. The first-order valence-electron chi connectivity index (χ1n) is 10.6. The molecule has 30 heavy (non-hydrogen) atoms. The smallest absolute Gasteiger partial charge is 0.222 e. The van der Waals surface area contributed by atoms with E-state index in [1.165, 1.54) is 0 Å². The van der Waals surface area contributed by atoms with Gasteiger partial charge in [-0.1, -0.05) is 31.2 Å². The zero-order valence-electron chi connectivity index (χ0n) is 18.0. The van der Waals surface area contributed by atoms with Crippen LogP contribution in [0, 0.1) is 0 Å². The highest BCUT2D eigenvalue weighted by Crippen LogP contribution is 2.37. The fourth-order valence-corrected chi connectivity index (χ4v) is 4.17. The van der Waals surface area contributed by atoms with Crippen LogP contribution in [0.2, 0.25) is 0 Å². The number of likely N-dealkylation sites (tertiary alicyclic amines) is 1. The molecule has 1 saturated heterocycles. The number of hydrogen-bond donors (Lipinski definition) is 1. The minimum Gasteiger partial charge on any atom is -0.496 e. The molecule has 6 heteroatoms. The Kier molecular flexibility index (Phi) is 6.33. The average molecular weight is 407 g/mol. The summed E-state index contributed by atoms with van der Waals surface area (Å²) in [7, 11) is 3.47. The van der Waals surface area contributed by atoms with E-state index >= 15 is 0 Å². The van der Waals surface area contributed by atoms with Gasteiger partial charge in [0, 0.05) is 54.4 Å². The summed E-state index contributed by atoms with van der Waals surface area (Å²) in [4.78, 5) is 11.3. The minimum absolute atomic E-state index is 0.404. The zero-order valence-corrected chi connectivity index (χ0v) is 18.0. The van der Waals surface area contributed by atoms with Crippen molar-refractivity contribution in [1.82, 2.24) is 14.9 Å². The van der Waals surface area contributed by atoms with Gasteiger partial charge < -0.3 is 14.8 Å². The zero-order chi connectivity index (χ0) is 20.9. The average Bonchev–Trinajstić information content (AvgIpc) is 2.80. The Morgan fingerprint density at radius 2 is 1.73 bits per heavy atom. The number of aromatic nitrogens is 2. The van der Waals surface area contributed by atoms with E-state index in [1.807, 2.05) is 24.5 Å². The lowest BCUT2D eigenvalue weighted by atomic mass is 10.0. The first-order chi connectivity index (χ1) is 14.7. The van der Waals surface area contributed by atoms with Crippen LogP contribution in [0.25, 0.3) is 10.8 Å². The second-order valence-corrected chi connectivity index (χ2v) is 7.78. The molecular formula is C24H30N4O2. The van der Waals surface area contributed by atoms with Crippen molar-refractivity contribution in [1.29, 1.82) is 0 Å². The predicted molar refractivity (Wildman–Crippen MR) is 120 cm³/mol. The van der Waals surface area contributed by atoms with Gasteiger partial charge >= 0.3 is 0 Å². The van der Waals surface area contributed by atoms with Gasteiger partial charge in [-0.25, -0.2) is 9.97 Å². The summed E-state index contributed by atoms with van der Waals surface area (Å²) < 4.78 is 11.5. The maximum Gasteiger partial charge on any atom is 0.222 e. The van der Waals surface area contributed by atoms with Crippen LogP contribution in [0.15, 0.2) is 42.7 Å². The van der Waals surface area contributed by atoms with Gasteiger partial charge in [0.15, 0.2) is 0 Å². The molecule has 1 fully saturated rings. The molecule has 6 nitrogen and oxygen atoms in total. The Morgan fingerprint density at radius 3 is 2.37 bits per heavy atom. The first kappa shape index (κ1) is 20.4. The van der Waals surface area contributed by atoms with Crippen molar-refractivity contribution in [2.24, 2.45) is 0 Å². The first-order valence-corrected chi connectivity index (χ1v) is 10.6. The highest BCUT2D eigenvalue weighted by Gasteiger charge is 2.22. The highest BCUT2D eigenvalue weighted by atomic mass is 16.5. The summed E-state index contributed by atoms with van der Waals surface area (Å²) in [5.41, 5.74) is 2.33. The number of hydrogen-bond acceptors (Lipinski definition) is 6. The standard InChI is InChI=1S/C24H30N4O2/c1-4-17-14-25-24(26-15-17)27-19-9-11-28(12-10-19)16-18-13-22(29-2)20-7-5-6-8-21(20)23(18)30-3/h5-8,13-15,19H,4,9-12,16H2,1-3H3,(H,25,26,27). The van der Waals surface area contributed by atoms with Gasteiger partial charge in [-0.3, -0.25) is 4.90 Å². The maximum absolute atomic E-state index is 5.81. The van der Waals surface area contributed by atoms with Crippen molar-refractivity contribution in [3.63, 3.8) is 0 Å². The molecule has 0 spiro atoms. The molecule has 1 aromatic heterocycles. The van der Waals surface area contributed by atoms with Crippen LogP contribution in [0.3, 0.4) is 0 Å². The summed E-state index contributed by atoms with van der Waals surface area (Å²) >= 11 is 0. The van der Waals surface area contributed by atoms with Crippen LogP contribution < -0.4 is 14.8 Å². The van der Waals surface area contributed by atoms with Crippen LogP contribution in [0.4, 0.5) is 5.95 Å².